The first-order valence-corrected chi connectivity index (χ1v) is 8.44. The molecule has 25 heavy (non-hydrogen) atoms. The predicted octanol–water partition coefficient (Wildman–Crippen LogP) is 2.95. The number of aryl methyl sites for hydroxylation is 1. The van der Waals surface area contributed by atoms with E-state index in [9.17, 15) is 9.59 Å². The van der Waals surface area contributed by atoms with Crippen molar-refractivity contribution in [1.82, 2.24) is 15.4 Å². The molecule has 0 bridgehead atoms. The molecule has 0 radical (unpaired) electrons. The minimum atomic E-state index is -0.517. The average molecular weight is 363 g/mol. The second kappa shape index (κ2) is 7.57. The summed E-state index contributed by atoms with van der Waals surface area (Å²) < 4.78 is 4.93. The van der Waals surface area contributed by atoms with E-state index in [0.717, 1.165) is 12.0 Å². The Bertz CT molecular complexity index is 777. The molecule has 1 aromatic heterocycles. The number of aromatic nitrogens is 1. The molecule has 0 unspecified atom stereocenters. The summed E-state index contributed by atoms with van der Waals surface area (Å²) in [5.41, 5.74) is 0.902. The van der Waals surface area contributed by atoms with Crippen molar-refractivity contribution in [3.8, 4) is 0 Å². The number of halogens is 1. The van der Waals surface area contributed by atoms with Crippen LogP contribution in [0.4, 0.5) is 10.6 Å². The largest absolute Gasteiger partial charge is 0.360 e. The Kier molecular flexibility index (Phi) is 5.23. The first-order valence-electron chi connectivity index (χ1n) is 8.06. The summed E-state index contributed by atoms with van der Waals surface area (Å²) in [7, 11) is 0. The van der Waals surface area contributed by atoms with Gasteiger partial charge in [-0.3, -0.25) is 4.79 Å². The lowest BCUT2D eigenvalue weighted by molar-refractivity contribution is -0.119. The lowest BCUT2D eigenvalue weighted by Crippen LogP contribution is -2.47. The van der Waals surface area contributed by atoms with Gasteiger partial charge in [0.2, 0.25) is 5.91 Å². The van der Waals surface area contributed by atoms with E-state index in [0.29, 0.717) is 36.1 Å². The van der Waals surface area contributed by atoms with Gasteiger partial charge in [0, 0.05) is 24.2 Å². The standard InChI is InChI=1S/C17H19ClN4O3/c1-11-8-15(21-25-11)20-16(23)14-6-3-7-22(14)17(24)19-10-12-4-2-5-13(18)9-12/h2,4-5,8-9,14H,3,6-7,10H2,1H3,(H,19,24)(H,20,21,23)/t14-/m0/s1. The molecular weight excluding hydrogens is 344 g/mol. The van der Waals surface area contributed by atoms with E-state index in [1.165, 1.54) is 0 Å². The number of amides is 3. The van der Waals surface area contributed by atoms with E-state index < -0.39 is 6.04 Å². The molecular formula is C17H19ClN4O3. The van der Waals surface area contributed by atoms with Crippen molar-refractivity contribution in [3.05, 3.63) is 46.7 Å². The zero-order valence-corrected chi connectivity index (χ0v) is 14.5. The Labute approximate surface area is 150 Å². The van der Waals surface area contributed by atoms with Crippen LogP contribution in [0, 0.1) is 6.92 Å². The second-order valence-electron chi connectivity index (χ2n) is 5.95. The number of anilines is 1. The first-order chi connectivity index (χ1) is 12.0. The van der Waals surface area contributed by atoms with E-state index in [1.54, 1.807) is 30.0 Å². The third-order valence-electron chi connectivity index (χ3n) is 4.03. The van der Waals surface area contributed by atoms with Crippen LogP contribution in [0.3, 0.4) is 0 Å². The maximum absolute atomic E-state index is 12.4. The van der Waals surface area contributed by atoms with E-state index in [2.05, 4.69) is 15.8 Å². The highest BCUT2D eigenvalue weighted by atomic mass is 35.5. The molecule has 2 aromatic rings. The molecule has 0 saturated carbocycles. The molecule has 1 aromatic carbocycles. The summed E-state index contributed by atoms with van der Waals surface area (Å²) in [6.07, 6.45) is 1.40. The maximum Gasteiger partial charge on any atom is 0.318 e. The number of rotatable bonds is 4. The van der Waals surface area contributed by atoms with Crippen LogP contribution in [0.25, 0.3) is 0 Å². The van der Waals surface area contributed by atoms with Gasteiger partial charge in [-0.1, -0.05) is 28.9 Å². The van der Waals surface area contributed by atoms with Gasteiger partial charge in [0.15, 0.2) is 5.82 Å². The fraction of sp³-hybridized carbons (Fsp3) is 0.353. The maximum atomic E-state index is 12.4. The van der Waals surface area contributed by atoms with Crippen LogP contribution in [-0.2, 0) is 11.3 Å². The van der Waals surface area contributed by atoms with Gasteiger partial charge in [-0.05, 0) is 37.5 Å². The normalized spacial score (nSPS) is 16.7. The molecule has 1 fully saturated rings. The fourth-order valence-corrected chi connectivity index (χ4v) is 3.06. The van der Waals surface area contributed by atoms with Gasteiger partial charge < -0.3 is 20.1 Å². The Balaban J connectivity index is 1.58. The van der Waals surface area contributed by atoms with Crippen LogP contribution in [-0.4, -0.2) is 34.6 Å². The molecule has 1 atom stereocenters. The quantitative estimate of drug-likeness (QED) is 0.875. The van der Waals surface area contributed by atoms with Gasteiger partial charge >= 0.3 is 6.03 Å². The minimum absolute atomic E-state index is 0.260. The van der Waals surface area contributed by atoms with E-state index >= 15 is 0 Å². The number of likely N-dealkylation sites (tertiary alicyclic amines) is 1. The average Bonchev–Trinajstić information content (AvgIpc) is 3.22. The molecule has 132 valence electrons. The third-order valence-corrected chi connectivity index (χ3v) is 4.26. The summed E-state index contributed by atoms with van der Waals surface area (Å²) in [6.45, 7) is 2.64. The molecule has 2 N–H and O–H groups in total. The van der Waals surface area contributed by atoms with Crippen molar-refractivity contribution in [2.24, 2.45) is 0 Å². The highest BCUT2D eigenvalue weighted by Gasteiger charge is 2.34. The van der Waals surface area contributed by atoms with Crippen LogP contribution in [0.15, 0.2) is 34.9 Å². The molecule has 3 amide bonds. The van der Waals surface area contributed by atoms with Crippen molar-refractivity contribution in [1.29, 1.82) is 0 Å². The number of hydrogen-bond donors (Lipinski definition) is 2. The van der Waals surface area contributed by atoms with Crippen LogP contribution < -0.4 is 10.6 Å². The van der Waals surface area contributed by atoms with E-state index in [4.69, 9.17) is 16.1 Å². The SMILES string of the molecule is Cc1cc(NC(=O)[C@@H]2CCCN2C(=O)NCc2cccc(Cl)c2)no1. The van der Waals surface area contributed by atoms with Crippen molar-refractivity contribution >= 4 is 29.4 Å². The van der Waals surface area contributed by atoms with Gasteiger partial charge in [0.25, 0.3) is 0 Å². The molecule has 7 nitrogen and oxygen atoms in total. The summed E-state index contributed by atoms with van der Waals surface area (Å²) in [6, 6.07) is 8.13. The molecule has 1 saturated heterocycles. The van der Waals surface area contributed by atoms with Gasteiger partial charge in [0.1, 0.15) is 11.8 Å². The number of benzene rings is 1. The highest BCUT2D eigenvalue weighted by Crippen LogP contribution is 2.19. The van der Waals surface area contributed by atoms with Gasteiger partial charge in [-0.2, -0.15) is 0 Å². The molecule has 8 heteroatoms. The minimum Gasteiger partial charge on any atom is -0.360 e. The second-order valence-corrected chi connectivity index (χ2v) is 6.39. The van der Waals surface area contributed by atoms with Crippen molar-refractivity contribution in [2.75, 3.05) is 11.9 Å². The molecule has 1 aliphatic heterocycles. The Morgan fingerprint density at radius 3 is 2.96 bits per heavy atom. The number of nitrogens with zero attached hydrogens (tertiary/aromatic N) is 2. The first kappa shape index (κ1) is 17.3. The van der Waals surface area contributed by atoms with Crippen molar-refractivity contribution in [2.45, 2.75) is 32.4 Å². The Morgan fingerprint density at radius 1 is 1.40 bits per heavy atom. The van der Waals surface area contributed by atoms with Gasteiger partial charge in [0.05, 0.1) is 0 Å². The van der Waals surface area contributed by atoms with Crippen LogP contribution >= 0.6 is 11.6 Å². The summed E-state index contributed by atoms with van der Waals surface area (Å²) in [4.78, 5) is 26.4. The van der Waals surface area contributed by atoms with Crippen molar-refractivity contribution in [3.63, 3.8) is 0 Å². The molecule has 2 heterocycles. The third kappa shape index (κ3) is 4.30. The number of hydrogen-bond acceptors (Lipinski definition) is 4. The zero-order chi connectivity index (χ0) is 17.8. The Hall–Kier alpha value is -2.54. The number of urea groups is 1. The lowest BCUT2D eigenvalue weighted by Gasteiger charge is -2.23. The molecule has 1 aliphatic rings. The number of carbonyl (C=O) groups excluding carboxylic acids is 2. The van der Waals surface area contributed by atoms with Crippen molar-refractivity contribution < 1.29 is 14.1 Å². The Morgan fingerprint density at radius 2 is 2.24 bits per heavy atom. The summed E-state index contributed by atoms with van der Waals surface area (Å²) >= 11 is 5.94. The van der Waals surface area contributed by atoms with Gasteiger partial charge in [-0.15, -0.1) is 0 Å². The van der Waals surface area contributed by atoms with Crippen LogP contribution in [0.2, 0.25) is 5.02 Å². The fourth-order valence-electron chi connectivity index (χ4n) is 2.84. The lowest BCUT2D eigenvalue weighted by atomic mass is 10.2. The summed E-state index contributed by atoms with van der Waals surface area (Å²) in [5.74, 6) is 0.704. The van der Waals surface area contributed by atoms with E-state index in [1.807, 2.05) is 12.1 Å². The summed E-state index contributed by atoms with van der Waals surface area (Å²) in [5, 5.41) is 9.88. The van der Waals surface area contributed by atoms with Crippen LogP contribution in [0.5, 0.6) is 0 Å². The zero-order valence-electron chi connectivity index (χ0n) is 13.8. The monoisotopic (exact) mass is 362 g/mol. The van der Waals surface area contributed by atoms with Gasteiger partial charge in [-0.25, -0.2) is 4.79 Å². The van der Waals surface area contributed by atoms with E-state index in [-0.39, 0.29) is 11.9 Å². The smallest absolute Gasteiger partial charge is 0.318 e. The van der Waals surface area contributed by atoms with Crippen LogP contribution in [0.1, 0.15) is 24.2 Å². The molecule has 0 spiro atoms. The number of carbonyl (C=O) groups is 2. The predicted molar refractivity (Wildman–Crippen MR) is 93.3 cm³/mol. The molecule has 3 rings (SSSR count). The number of nitrogens with one attached hydrogen (secondary N) is 2. The molecule has 0 aliphatic carbocycles. The highest BCUT2D eigenvalue weighted by molar-refractivity contribution is 6.30. The topological polar surface area (TPSA) is 87.5 Å².